The van der Waals surface area contributed by atoms with Crippen LogP contribution in [0.4, 0.5) is 0 Å². The normalized spacial score (nSPS) is 31.0. The highest BCUT2D eigenvalue weighted by Crippen LogP contribution is 2.27. The van der Waals surface area contributed by atoms with Crippen molar-refractivity contribution in [2.75, 3.05) is 7.11 Å². The standard InChI is InChI=1S/C27H39NO6.C3H8/c1-16-9-8-10-17(2)19(4)20(5)24(30)13-23(29)14-26(31)34-27(25(11-16)32-7)18(3)12-22-15-33-21(6)28-22;1-3-2/h8-9,11-12,15,17,19-20,23,25,27,29H,10,13-14H2,1-7H3;3H2,1-2H3/b9-8+,16-11-,18-12+;/t17-,19-,20+,23+,25-,27+;/m0./s1. The van der Waals surface area contributed by atoms with E-state index in [9.17, 15) is 14.7 Å². The molecule has 1 aromatic heterocycles. The third-order valence-corrected chi connectivity index (χ3v) is 6.64. The van der Waals surface area contributed by atoms with Gasteiger partial charge in [-0.3, -0.25) is 9.59 Å². The summed E-state index contributed by atoms with van der Waals surface area (Å²) in [6.45, 7) is 15.9. The van der Waals surface area contributed by atoms with E-state index in [2.05, 4.69) is 38.8 Å². The predicted molar refractivity (Wildman–Crippen MR) is 147 cm³/mol. The molecule has 0 bridgehead atoms. The van der Waals surface area contributed by atoms with Gasteiger partial charge < -0.3 is 19.0 Å². The van der Waals surface area contributed by atoms with Crippen molar-refractivity contribution in [3.05, 3.63) is 47.2 Å². The number of ether oxygens (including phenoxy) is 2. The van der Waals surface area contributed by atoms with Gasteiger partial charge in [0, 0.05) is 26.4 Å². The Morgan fingerprint density at radius 3 is 2.41 bits per heavy atom. The number of aromatic nitrogens is 1. The zero-order valence-corrected chi connectivity index (χ0v) is 24.1. The molecule has 0 spiro atoms. The Morgan fingerprint density at radius 2 is 1.84 bits per heavy atom. The Kier molecular flexibility index (Phi) is 14.4. The number of aryl methyl sites for hydroxylation is 1. The number of nitrogens with zero attached hydrogens (tertiary/aromatic N) is 1. The number of ketones is 1. The van der Waals surface area contributed by atoms with Gasteiger partial charge in [0.25, 0.3) is 0 Å². The number of carbonyl (C=O) groups excluding carboxylic acids is 2. The van der Waals surface area contributed by atoms with Crippen LogP contribution in [0.15, 0.2) is 40.1 Å². The lowest BCUT2D eigenvalue weighted by Crippen LogP contribution is -2.34. The van der Waals surface area contributed by atoms with Crippen molar-refractivity contribution in [1.82, 2.24) is 4.98 Å². The van der Waals surface area contributed by atoms with Gasteiger partial charge in [0.15, 0.2) is 12.0 Å². The summed E-state index contributed by atoms with van der Waals surface area (Å²) in [6, 6.07) is 0. The van der Waals surface area contributed by atoms with E-state index in [0.717, 1.165) is 12.0 Å². The number of hydrogen-bond acceptors (Lipinski definition) is 7. The molecule has 7 nitrogen and oxygen atoms in total. The zero-order valence-electron chi connectivity index (χ0n) is 24.1. The summed E-state index contributed by atoms with van der Waals surface area (Å²) in [5, 5.41) is 10.4. The molecule has 208 valence electrons. The summed E-state index contributed by atoms with van der Waals surface area (Å²) in [5.74, 6) is 0.122. The number of allylic oxidation sites excluding steroid dienone is 3. The third kappa shape index (κ3) is 11.2. The van der Waals surface area contributed by atoms with Gasteiger partial charge >= 0.3 is 5.97 Å². The Bertz CT molecular complexity index is 944. The number of aliphatic hydroxyl groups excluding tert-OH is 1. The molecule has 2 rings (SSSR count). The monoisotopic (exact) mass is 517 g/mol. The van der Waals surface area contributed by atoms with Crippen LogP contribution in [0.25, 0.3) is 6.08 Å². The molecule has 1 aliphatic rings. The minimum Gasteiger partial charge on any atom is -0.455 e. The first-order valence-electron chi connectivity index (χ1n) is 13.3. The van der Waals surface area contributed by atoms with E-state index in [1.807, 2.05) is 32.9 Å². The van der Waals surface area contributed by atoms with Crippen LogP contribution < -0.4 is 0 Å². The third-order valence-electron chi connectivity index (χ3n) is 6.64. The molecular weight excluding hydrogens is 470 g/mol. The highest BCUT2D eigenvalue weighted by atomic mass is 16.6. The number of oxazole rings is 1. The summed E-state index contributed by atoms with van der Waals surface area (Å²) in [6.07, 6.45) is 8.68. The lowest BCUT2D eigenvalue weighted by atomic mass is 9.79. The van der Waals surface area contributed by atoms with Crippen LogP contribution in [0.2, 0.25) is 0 Å². The molecule has 2 heterocycles. The van der Waals surface area contributed by atoms with E-state index >= 15 is 0 Å². The summed E-state index contributed by atoms with van der Waals surface area (Å²) in [5.41, 5.74) is 2.29. The van der Waals surface area contributed by atoms with Crippen molar-refractivity contribution in [2.24, 2.45) is 17.8 Å². The van der Waals surface area contributed by atoms with E-state index in [1.165, 1.54) is 12.7 Å². The van der Waals surface area contributed by atoms with Crippen LogP contribution in [0.5, 0.6) is 0 Å². The van der Waals surface area contributed by atoms with E-state index < -0.39 is 24.3 Å². The van der Waals surface area contributed by atoms with Gasteiger partial charge in [-0.05, 0) is 49.8 Å². The number of methoxy groups -OCH3 is 1. The summed E-state index contributed by atoms with van der Waals surface area (Å²) < 4.78 is 16.8. The molecule has 1 N–H and O–H groups in total. The van der Waals surface area contributed by atoms with E-state index in [0.29, 0.717) is 23.1 Å². The minimum absolute atomic E-state index is 0.0457. The van der Waals surface area contributed by atoms with Crippen LogP contribution in [-0.2, 0) is 19.1 Å². The molecule has 0 saturated heterocycles. The maximum Gasteiger partial charge on any atom is 0.309 e. The fourth-order valence-electron chi connectivity index (χ4n) is 4.12. The van der Waals surface area contributed by atoms with Gasteiger partial charge in [0.1, 0.15) is 23.8 Å². The molecule has 0 saturated carbocycles. The molecule has 7 heteroatoms. The number of hydrogen-bond donors (Lipinski definition) is 1. The van der Waals surface area contributed by atoms with Crippen molar-refractivity contribution in [3.8, 4) is 0 Å². The number of Topliss-reactive ketones (excluding diaryl/α,β-unsaturated/α-hetero) is 1. The smallest absolute Gasteiger partial charge is 0.309 e. The zero-order chi connectivity index (χ0) is 28.1. The van der Waals surface area contributed by atoms with Gasteiger partial charge in [-0.25, -0.2) is 4.98 Å². The first kappa shape index (κ1) is 32.5. The summed E-state index contributed by atoms with van der Waals surface area (Å²) in [7, 11) is 1.56. The number of aliphatic hydroxyl groups is 1. The van der Waals surface area contributed by atoms with Crippen LogP contribution in [0, 0.1) is 24.7 Å². The maximum atomic E-state index is 12.8. The van der Waals surface area contributed by atoms with E-state index in [-0.39, 0.29) is 30.5 Å². The van der Waals surface area contributed by atoms with Crippen molar-refractivity contribution in [2.45, 2.75) is 99.4 Å². The quantitative estimate of drug-likeness (QED) is 0.473. The van der Waals surface area contributed by atoms with Gasteiger partial charge in [0.2, 0.25) is 0 Å². The van der Waals surface area contributed by atoms with Crippen molar-refractivity contribution < 1.29 is 28.6 Å². The Morgan fingerprint density at radius 1 is 1.19 bits per heavy atom. The lowest BCUT2D eigenvalue weighted by molar-refractivity contribution is -0.154. The highest BCUT2D eigenvalue weighted by Gasteiger charge is 2.30. The molecule has 0 aromatic carbocycles. The summed E-state index contributed by atoms with van der Waals surface area (Å²) >= 11 is 0. The van der Waals surface area contributed by atoms with Crippen LogP contribution in [0.1, 0.15) is 85.7 Å². The highest BCUT2D eigenvalue weighted by molar-refractivity contribution is 5.82. The lowest BCUT2D eigenvalue weighted by Gasteiger charge is -2.27. The minimum atomic E-state index is -1.10. The molecule has 0 radical (unpaired) electrons. The van der Waals surface area contributed by atoms with E-state index in [4.69, 9.17) is 13.9 Å². The first-order chi connectivity index (χ1) is 17.4. The number of esters is 1. The molecule has 37 heavy (non-hydrogen) atoms. The van der Waals surface area contributed by atoms with Crippen LogP contribution >= 0.6 is 0 Å². The Labute approximate surface area is 223 Å². The van der Waals surface area contributed by atoms with Crippen LogP contribution in [-0.4, -0.2) is 47.3 Å². The average molecular weight is 518 g/mol. The topological polar surface area (TPSA) is 98.9 Å². The van der Waals surface area contributed by atoms with Gasteiger partial charge in [-0.2, -0.15) is 0 Å². The molecule has 0 unspecified atom stereocenters. The van der Waals surface area contributed by atoms with Gasteiger partial charge in [-0.15, -0.1) is 0 Å². The molecule has 0 fully saturated rings. The molecule has 0 aliphatic carbocycles. The van der Waals surface area contributed by atoms with Crippen molar-refractivity contribution in [3.63, 3.8) is 0 Å². The second kappa shape index (κ2) is 16.4. The number of cyclic esters (lactones) is 1. The molecule has 6 atom stereocenters. The van der Waals surface area contributed by atoms with Crippen molar-refractivity contribution >= 4 is 17.8 Å². The van der Waals surface area contributed by atoms with Crippen LogP contribution in [0.3, 0.4) is 0 Å². The first-order valence-corrected chi connectivity index (χ1v) is 13.3. The van der Waals surface area contributed by atoms with Crippen molar-refractivity contribution in [1.29, 1.82) is 0 Å². The number of rotatable bonds is 3. The average Bonchev–Trinajstić information content (AvgIpc) is 3.24. The predicted octanol–water partition coefficient (Wildman–Crippen LogP) is 6.25. The number of carbonyl (C=O) groups is 2. The second-order valence-electron chi connectivity index (χ2n) is 10.2. The molecule has 1 aliphatic heterocycles. The second-order valence-corrected chi connectivity index (χ2v) is 10.2. The maximum absolute atomic E-state index is 12.8. The molecule has 1 aromatic rings. The van der Waals surface area contributed by atoms with E-state index in [1.54, 1.807) is 20.1 Å². The SMILES string of the molecule is CCC.CO[C@H]1/C=C(C)\C=C\C[C@H](C)[C@H](C)[C@@H](C)C(=O)C[C@@H](O)CC(=O)O[C@@H]1/C(C)=C/c1coc(C)n1. The van der Waals surface area contributed by atoms with Gasteiger partial charge in [-0.1, -0.05) is 58.8 Å². The van der Waals surface area contributed by atoms with Gasteiger partial charge in [0.05, 0.1) is 12.5 Å². The fourth-order valence-corrected chi connectivity index (χ4v) is 4.12. The molecule has 0 amide bonds. The largest absolute Gasteiger partial charge is 0.455 e. The Hall–Kier alpha value is -2.51. The Balaban J connectivity index is 0.00000217. The molecular formula is C30H47NO6. The fraction of sp³-hybridized carbons (Fsp3) is 0.633. The summed E-state index contributed by atoms with van der Waals surface area (Å²) in [4.78, 5) is 29.8.